The predicted molar refractivity (Wildman–Crippen MR) is 80.4 cm³/mol. The number of thiazole rings is 1. The first-order valence-corrected chi connectivity index (χ1v) is 8.34. The van der Waals surface area contributed by atoms with Crippen molar-refractivity contribution in [3.8, 4) is 0 Å². The van der Waals surface area contributed by atoms with Crippen LogP contribution in [0.1, 0.15) is 35.1 Å². The Labute approximate surface area is 132 Å². The number of fused-ring (bicyclic) bond motifs is 1. The minimum absolute atomic E-state index is 0.00814. The topological polar surface area (TPSA) is 68.2 Å². The Bertz CT molecular complexity index is 649. The second-order valence-corrected chi connectivity index (χ2v) is 6.43. The lowest BCUT2D eigenvalue weighted by atomic mass is 9.91. The molecule has 2 saturated heterocycles. The molecule has 1 amide bonds. The van der Waals surface area contributed by atoms with Gasteiger partial charge in [0.15, 0.2) is 0 Å². The summed E-state index contributed by atoms with van der Waals surface area (Å²) in [6.45, 7) is 1.42. The Kier molecular flexibility index (Phi) is 3.59. The summed E-state index contributed by atoms with van der Waals surface area (Å²) in [4.78, 5) is 26.6. The van der Waals surface area contributed by atoms with Gasteiger partial charge in [0.05, 0.1) is 17.3 Å². The maximum Gasteiger partial charge on any atom is 0.273 e. The highest BCUT2D eigenvalue weighted by Crippen LogP contribution is 2.40. The van der Waals surface area contributed by atoms with Crippen molar-refractivity contribution in [3.05, 3.63) is 40.9 Å². The minimum atomic E-state index is 0.00814. The van der Waals surface area contributed by atoms with E-state index in [9.17, 15) is 4.79 Å². The molecule has 2 aliphatic heterocycles. The van der Waals surface area contributed by atoms with E-state index in [1.165, 1.54) is 11.3 Å². The van der Waals surface area contributed by atoms with Gasteiger partial charge in [0, 0.05) is 24.7 Å². The standard InChI is InChI=1S/C15H16N4O2S/c20-15(12-7-22-9-18-12)19-4-2-10-5-13(21-14(10)6-19)11-1-3-16-8-17-11/h1,3,7-10,13-14H,2,4-6H2/t10-,13+,14+/m1/s1. The fourth-order valence-electron chi connectivity index (χ4n) is 3.28. The molecule has 4 heterocycles. The number of carbonyl (C=O) groups is 1. The maximum atomic E-state index is 12.4. The van der Waals surface area contributed by atoms with Crippen LogP contribution < -0.4 is 0 Å². The molecule has 0 spiro atoms. The minimum Gasteiger partial charge on any atom is -0.367 e. The van der Waals surface area contributed by atoms with Gasteiger partial charge in [0.2, 0.25) is 0 Å². The van der Waals surface area contributed by atoms with Crippen LogP contribution in [0.5, 0.6) is 0 Å². The van der Waals surface area contributed by atoms with Gasteiger partial charge in [-0.1, -0.05) is 0 Å². The molecule has 0 aromatic carbocycles. The first-order valence-electron chi connectivity index (χ1n) is 7.40. The second kappa shape index (κ2) is 5.73. The van der Waals surface area contributed by atoms with Crippen molar-refractivity contribution in [1.29, 1.82) is 0 Å². The molecule has 22 heavy (non-hydrogen) atoms. The number of nitrogens with zero attached hydrogens (tertiary/aromatic N) is 4. The van der Waals surface area contributed by atoms with E-state index >= 15 is 0 Å². The van der Waals surface area contributed by atoms with Crippen molar-refractivity contribution in [3.63, 3.8) is 0 Å². The number of amides is 1. The van der Waals surface area contributed by atoms with Gasteiger partial charge in [-0.05, 0) is 24.8 Å². The van der Waals surface area contributed by atoms with E-state index in [1.807, 2.05) is 11.0 Å². The summed E-state index contributed by atoms with van der Waals surface area (Å²) in [7, 11) is 0. The smallest absolute Gasteiger partial charge is 0.273 e. The summed E-state index contributed by atoms with van der Waals surface area (Å²) >= 11 is 1.44. The molecule has 0 radical (unpaired) electrons. The fraction of sp³-hybridized carbons (Fsp3) is 0.467. The summed E-state index contributed by atoms with van der Waals surface area (Å²) < 4.78 is 6.15. The van der Waals surface area contributed by atoms with Crippen molar-refractivity contribution in [1.82, 2.24) is 19.9 Å². The molecular formula is C15H16N4O2S. The van der Waals surface area contributed by atoms with E-state index in [-0.39, 0.29) is 18.1 Å². The summed E-state index contributed by atoms with van der Waals surface area (Å²) in [5, 5.41) is 1.80. The van der Waals surface area contributed by atoms with Crippen molar-refractivity contribution in [2.24, 2.45) is 5.92 Å². The van der Waals surface area contributed by atoms with Crippen LogP contribution in [0.4, 0.5) is 0 Å². The Hall–Kier alpha value is -1.86. The number of likely N-dealkylation sites (tertiary alicyclic amines) is 1. The normalized spacial score (nSPS) is 27.6. The summed E-state index contributed by atoms with van der Waals surface area (Å²) in [6, 6.07) is 1.90. The van der Waals surface area contributed by atoms with Gasteiger partial charge >= 0.3 is 0 Å². The van der Waals surface area contributed by atoms with Crippen molar-refractivity contribution < 1.29 is 9.53 Å². The Morgan fingerprint density at radius 2 is 2.36 bits per heavy atom. The Morgan fingerprint density at radius 3 is 3.14 bits per heavy atom. The van der Waals surface area contributed by atoms with Crippen LogP contribution in [-0.2, 0) is 4.74 Å². The van der Waals surface area contributed by atoms with E-state index < -0.39 is 0 Å². The molecule has 0 unspecified atom stereocenters. The molecule has 114 valence electrons. The van der Waals surface area contributed by atoms with Gasteiger partial charge in [-0.15, -0.1) is 11.3 Å². The summed E-state index contributed by atoms with van der Waals surface area (Å²) in [6.07, 6.45) is 5.36. The first kappa shape index (κ1) is 13.8. The number of ether oxygens (including phenoxy) is 1. The van der Waals surface area contributed by atoms with Crippen LogP contribution in [0.2, 0.25) is 0 Å². The zero-order valence-corrected chi connectivity index (χ0v) is 12.8. The molecule has 2 aromatic heterocycles. The van der Waals surface area contributed by atoms with Crippen LogP contribution in [0.15, 0.2) is 29.5 Å². The first-order chi connectivity index (χ1) is 10.8. The van der Waals surface area contributed by atoms with E-state index in [0.717, 1.165) is 25.1 Å². The van der Waals surface area contributed by atoms with Gasteiger partial charge in [0.25, 0.3) is 5.91 Å². The van der Waals surface area contributed by atoms with Crippen molar-refractivity contribution in [2.75, 3.05) is 13.1 Å². The molecule has 7 heteroatoms. The van der Waals surface area contributed by atoms with Crippen LogP contribution >= 0.6 is 11.3 Å². The average molecular weight is 316 g/mol. The van der Waals surface area contributed by atoms with Crippen molar-refractivity contribution in [2.45, 2.75) is 25.0 Å². The SMILES string of the molecule is O=C(c1cscn1)N1CC[C@@H]2C[C@@H](c3ccncn3)O[C@H]2C1. The molecule has 4 rings (SSSR count). The van der Waals surface area contributed by atoms with E-state index in [2.05, 4.69) is 15.0 Å². The molecule has 6 nitrogen and oxygen atoms in total. The van der Waals surface area contributed by atoms with E-state index in [0.29, 0.717) is 18.2 Å². The molecule has 0 saturated carbocycles. The number of piperidine rings is 1. The summed E-state index contributed by atoms with van der Waals surface area (Å²) in [5.74, 6) is 0.508. The average Bonchev–Trinajstić information content (AvgIpc) is 3.23. The third-order valence-electron chi connectivity index (χ3n) is 4.43. The molecule has 2 aliphatic rings. The highest BCUT2D eigenvalue weighted by atomic mass is 32.1. The van der Waals surface area contributed by atoms with Gasteiger partial charge in [-0.3, -0.25) is 4.79 Å². The number of aromatic nitrogens is 3. The van der Waals surface area contributed by atoms with Gasteiger partial charge in [-0.2, -0.15) is 0 Å². The molecule has 0 N–H and O–H groups in total. The zero-order chi connectivity index (χ0) is 14.9. The highest BCUT2D eigenvalue weighted by Gasteiger charge is 2.41. The van der Waals surface area contributed by atoms with Crippen LogP contribution in [0.25, 0.3) is 0 Å². The van der Waals surface area contributed by atoms with Gasteiger partial charge < -0.3 is 9.64 Å². The number of hydrogen-bond acceptors (Lipinski definition) is 6. The Balaban J connectivity index is 1.45. The predicted octanol–water partition coefficient (Wildman–Crippen LogP) is 1.93. The lowest BCUT2D eigenvalue weighted by Crippen LogP contribution is -2.45. The monoisotopic (exact) mass is 316 g/mol. The number of carbonyl (C=O) groups excluding carboxylic acids is 1. The van der Waals surface area contributed by atoms with E-state index in [4.69, 9.17) is 4.74 Å². The third kappa shape index (κ3) is 2.50. The van der Waals surface area contributed by atoms with E-state index in [1.54, 1.807) is 23.4 Å². The second-order valence-electron chi connectivity index (χ2n) is 5.71. The lowest BCUT2D eigenvalue weighted by Gasteiger charge is -2.33. The molecule has 2 aromatic rings. The largest absolute Gasteiger partial charge is 0.367 e. The molecule has 0 bridgehead atoms. The Morgan fingerprint density at radius 1 is 1.41 bits per heavy atom. The fourth-order valence-corrected chi connectivity index (χ4v) is 3.80. The lowest BCUT2D eigenvalue weighted by molar-refractivity contribution is -0.00578. The summed E-state index contributed by atoms with van der Waals surface area (Å²) in [5.41, 5.74) is 3.16. The van der Waals surface area contributed by atoms with Gasteiger partial charge in [0.1, 0.15) is 18.1 Å². The third-order valence-corrected chi connectivity index (χ3v) is 5.01. The molecule has 3 atom stereocenters. The van der Waals surface area contributed by atoms with Gasteiger partial charge in [-0.25, -0.2) is 15.0 Å². The van der Waals surface area contributed by atoms with Crippen LogP contribution in [0, 0.1) is 5.92 Å². The molecule has 2 fully saturated rings. The zero-order valence-electron chi connectivity index (χ0n) is 12.0. The number of hydrogen-bond donors (Lipinski definition) is 0. The number of rotatable bonds is 2. The molecule has 0 aliphatic carbocycles. The highest BCUT2D eigenvalue weighted by molar-refractivity contribution is 7.07. The molecular weight excluding hydrogens is 300 g/mol. The van der Waals surface area contributed by atoms with Crippen LogP contribution in [0.3, 0.4) is 0 Å². The van der Waals surface area contributed by atoms with Crippen molar-refractivity contribution >= 4 is 17.2 Å². The quantitative estimate of drug-likeness (QED) is 0.847. The maximum absolute atomic E-state index is 12.4. The van der Waals surface area contributed by atoms with Crippen LogP contribution in [-0.4, -0.2) is 45.0 Å².